The van der Waals surface area contributed by atoms with Crippen molar-refractivity contribution >= 4 is 35.1 Å². The smallest absolute Gasteiger partial charge is 0.406 e. The van der Waals surface area contributed by atoms with Gasteiger partial charge in [-0.3, -0.25) is 0 Å². The Hall–Kier alpha value is -4.26. The molecule has 7 nitrogen and oxygen atoms in total. The van der Waals surface area contributed by atoms with E-state index in [4.69, 9.17) is 11.6 Å². The van der Waals surface area contributed by atoms with Crippen LogP contribution in [0.5, 0.6) is 5.75 Å². The molecule has 0 fully saturated rings. The molecule has 3 aromatic carbocycles. The molecule has 1 unspecified atom stereocenters. The van der Waals surface area contributed by atoms with Crippen LogP contribution in [0.1, 0.15) is 23.6 Å². The molecule has 1 atom stereocenters. The maximum absolute atomic E-state index is 13.9. The number of carbonyl (C=O) groups is 2. The molecule has 1 heterocycles. The largest absolute Gasteiger partial charge is 0.573 e. The standard InChI is InChI=1S/C28H23ClF6N4O3/c1-26(18-7-5-4-6-8-18)16-38(36-23(26)17-9-14-21(22(29)15-17)27(30,31)32)25(41)39(24(40)37(2)3)19-10-12-20(13-11-19)42-28(33,34)35/h4-15H,16H2,1-3H3. The molecule has 14 heteroatoms. The Balaban J connectivity index is 1.78. The van der Waals surface area contributed by atoms with Crippen molar-refractivity contribution in [2.45, 2.75) is 24.9 Å². The van der Waals surface area contributed by atoms with Gasteiger partial charge in [-0.1, -0.05) is 48.0 Å². The summed E-state index contributed by atoms with van der Waals surface area (Å²) in [7, 11) is 2.75. The second-order valence-corrected chi connectivity index (χ2v) is 10.1. The highest BCUT2D eigenvalue weighted by atomic mass is 35.5. The Labute approximate surface area is 241 Å². The van der Waals surface area contributed by atoms with E-state index >= 15 is 0 Å². The van der Waals surface area contributed by atoms with E-state index in [9.17, 15) is 35.9 Å². The number of carbonyl (C=O) groups excluding carboxylic acids is 2. The lowest BCUT2D eigenvalue weighted by Crippen LogP contribution is -2.49. The minimum atomic E-state index is -4.94. The fourth-order valence-corrected chi connectivity index (χ4v) is 4.76. The van der Waals surface area contributed by atoms with Gasteiger partial charge in [0.05, 0.1) is 33.9 Å². The van der Waals surface area contributed by atoms with Crippen molar-refractivity contribution < 1.29 is 40.7 Å². The van der Waals surface area contributed by atoms with Crippen molar-refractivity contribution in [3.8, 4) is 5.75 Å². The van der Waals surface area contributed by atoms with Gasteiger partial charge in [-0.25, -0.2) is 19.5 Å². The van der Waals surface area contributed by atoms with Crippen molar-refractivity contribution in [1.82, 2.24) is 9.91 Å². The fourth-order valence-electron chi connectivity index (χ4n) is 4.47. The van der Waals surface area contributed by atoms with E-state index < -0.39 is 46.4 Å². The lowest BCUT2D eigenvalue weighted by molar-refractivity contribution is -0.274. The number of halogens is 7. The minimum absolute atomic E-state index is 0.0733. The van der Waals surface area contributed by atoms with Crippen LogP contribution in [0.25, 0.3) is 0 Å². The average molecular weight is 613 g/mol. The highest BCUT2D eigenvalue weighted by molar-refractivity contribution is 6.32. The normalized spacial score (nSPS) is 17.1. The van der Waals surface area contributed by atoms with Gasteiger partial charge in [0.2, 0.25) is 0 Å². The van der Waals surface area contributed by atoms with Crippen LogP contribution < -0.4 is 9.64 Å². The molecule has 0 aromatic heterocycles. The summed E-state index contributed by atoms with van der Waals surface area (Å²) in [6.07, 6.45) is -9.63. The highest BCUT2D eigenvalue weighted by Gasteiger charge is 2.45. The van der Waals surface area contributed by atoms with Crippen molar-refractivity contribution in [3.63, 3.8) is 0 Å². The van der Waals surface area contributed by atoms with E-state index in [1.54, 1.807) is 37.3 Å². The molecule has 0 saturated heterocycles. The Morgan fingerprint density at radius 1 is 0.952 bits per heavy atom. The molecule has 222 valence electrons. The molecule has 1 aliphatic rings. The quantitative estimate of drug-likeness (QED) is 0.286. The number of rotatable bonds is 4. The summed E-state index contributed by atoms with van der Waals surface area (Å²) in [5.41, 5.74) is -1.07. The predicted molar refractivity (Wildman–Crippen MR) is 144 cm³/mol. The van der Waals surface area contributed by atoms with Gasteiger partial charge < -0.3 is 9.64 Å². The zero-order valence-electron chi connectivity index (χ0n) is 22.3. The number of hydrogen-bond donors (Lipinski definition) is 0. The Morgan fingerprint density at radius 2 is 1.57 bits per heavy atom. The van der Waals surface area contributed by atoms with Crippen LogP contribution in [0, 0.1) is 0 Å². The Bertz CT molecular complexity index is 1510. The number of urea groups is 2. The molecule has 1 aliphatic heterocycles. The average Bonchev–Trinajstić information content (AvgIpc) is 3.27. The Kier molecular flexibility index (Phi) is 8.18. The summed E-state index contributed by atoms with van der Waals surface area (Å²) >= 11 is 6.00. The van der Waals surface area contributed by atoms with E-state index in [2.05, 4.69) is 9.84 Å². The van der Waals surface area contributed by atoms with Gasteiger partial charge >= 0.3 is 24.6 Å². The molecule has 3 aromatic rings. The summed E-state index contributed by atoms with van der Waals surface area (Å²) in [5, 5.41) is 4.87. The molecule has 4 amide bonds. The molecule has 0 bridgehead atoms. The number of nitrogens with zero attached hydrogens (tertiary/aromatic N) is 4. The van der Waals surface area contributed by atoms with Crippen molar-refractivity contribution in [2.24, 2.45) is 5.10 Å². The van der Waals surface area contributed by atoms with Crippen LogP contribution in [0.2, 0.25) is 5.02 Å². The van der Waals surface area contributed by atoms with Crippen molar-refractivity contribution in [3.05, 3.63) is 94.5 Å². The molecular formula is C28H23ClF6N4O3. The molecule has 0 aliphatic carbocycles. The fraction of sp³-hybridized carbons (Fsp3) is 0.250. The number of amides is 4. The van der Waals surface area contributed by atoms with Crippen LogP contribution in [0.3, 0.4) is 0 Å². The van der Waals surface area contributed by atoms with Gasteiger partial charge in [0.1, 0.15) is 5.75 Å². The topological polar surface area (TPSA) is 65.5 Å². The van der Waals surface area contributed by atoms with Crippen molar-refractivity contribution in [2.75, 3.05) is 25.5 Å². The van der Waals surface area contributed by atoms with Gasteiger partial charge in [0.25, 0.3) is 0 Å². The van der Waals surface area contributed by atoms with Crippen LogP contribution in [0.15, 0.2) is 77.9 Å². The number of anilines is 1. The van der Waals surface area contributed by atoms with Gasteiger partial charge in [-0.2, -0.15) is 18.3 Å². The molecule has 0 spiro atoms. The number of ether oxygens (including phenoxy) is 1. The maximum Gasteiger partial charge on any atom is 0.573 e. The van der Waals surface area contributed by atoms with Crippen LogP contribution >= 0.6 is 11.6 Å². The monoisotopic (exact) mass is 612 g/mol. The third kappa shape index (κ3) is 6.30. The van der Waals surface area contributed by atoms with Crippen LogP contribution in [-0.2, 0) is 11.6 Å². The van der Waals surface area contributed by atoms with Crippen LogP contribution in [0.4, 0.5) is 41.6 Å². The first-order chi connectivity index (χ1) is 19.5. The highest BCUT2D eigenvalue weighted by Crippen LogP contribution is 2.39. The van der Waals surface area contributed by atoms with Crippen molar-refractivity contribution in [1.29, 1.82) is 0 Å². The molecule has 0 radical (unpaired) electrons. The summed E-state index contributed by atoms with van der Waals surface area (Å²) < 4.78 is 81.9. The second kappa shape index (κ2) is 11.2. The molecule has 4 rings (SSSR count). The summed E-state index contributed by atoms with van der Waals surface area (Å²) in [5.74, 6) is -0.562. The summed E-state index contributed by atoms with van der Waals surface area (Å²) in [6.45, 7) is 1.61. The van der Waals surface area contributed by atoms with E-state index in [1.165, 1.54) is 20.2 Å². The summed E-state index contributed by atoms with van der Waals surface area (Å²) in [6, 6.07) is 14.2. The second-order valence-electron chi connectivity index (χ2n) is 9.73. The van der Waals surface area contributed by atoms with E-state index in [0.717, 1.165) is 51.2 Å². The number of benzene rings is 3. The van der Waals surface area contributed by atoms with Gasteiger partial charge in [0, 0.05) is 19.7 Å². The predicted octanol–water partition coefficient (Wildman–Crippen LogP) is 7.54. The van der Waals surface area contributed by atoms with Gasteiger partial charge in [0.15, 0.2) is 0 Å². The van der Waals surface area contributed by atoms with E-state index in [0.29, 0.717) is 5.56 Å². The molecular weight excluding hydrogens is 590 g/mol. The maximum atomic E-state index is 13.9. The zero-order valence-corrected chi connectivity index (χ0v) is 23.1. The minimum Gasteiger partial charge on any atom is -0.406 e. The number of imide groups is 1. The molecule has 42 heavy (non-hydrogen) atoms. The van der Waals surface area contributed by atoms with E-state index in [-0.39, 0.29) is 23.5 Å². The van der Waals surface area contributed by atoms with Gasteiger partial charge in [-0.05, 0) is 48.9 Å². The summed E-state index contributed by atoms with van der Waals surface area (Å²) in [4.78, 5) is 28.8. The molecule has 0 N–H and O–H groups in total. The number of alkyl halides is 6. The first-order valence-electron chi connectivity index (χ1n) is 12.2. The zero-order chi connectivity index (χ0) is 31.0. The first-order valence-corrected chi connectivity index (χ1v) is 12.6. The van der Waals surface area contributed by atoms with E-state index in [1.807, 2.05) is 0 Å². The first kappa shape index (κ1) is 30.7. The lowest BCUT2D eigenvalue weighted by atomic mass is 9.76. The lowest BCUT2D eigenvalue weighted by Gasteiger charge is -2.30. The third-order valence-corrected chi connectivity index (χ3v) is 6.80. The van der Waals surface area contributed by atoms with Crippen LogP contribution in [-0.4, -0.2) is 54.7 Å². The van der Waals surface area contributed by atoms with Gasteiger partial charge in [-0.15, -0.1) is 13.2 Å². The number of hydrazone groups is 1. The SMILES string of the molecule is CN(C)C(=O)N(C(=O)N1CC(C)(c2ccccc2)C(c2ccc(C(F)(F)F)c(Cl)c2)=N1)c1ccc(OC(F)(F)F)cc1. The Morgan fingerprint density at radius 3 is 2.10 bits per heavy atom. The molecule has 0 saturated carbocycles. The third-order valence-electron chi connectivity index (χ3n) is 6.48. The number of hydrogen-bond acceptors (Lipinski definition) is 4.